The number of esters is 3. The molecule has 0 heterocycles. The van der Waals surface area contributed by atoms with Gasteiger partial charge in [0.25, 0.3) is 0 Å². The zero-order valence-electron chi connectivity index (χ0n) is 56.0. The fraction of sp³-hybridized carbons (Fsp3) is 0.857. The van der Waals surface area contributed by atoms with E-state index in [0.29, 0.717) is 19.3 Å². The predicted molar refractivity (Wildman–Crippen MR) is 362 cm³/mol. The normalized spacial score (nSPS) is 12.3. The zero-order chi connectivity index (χ0) is 59.9. The Morgan fingerprint density at radius 2 is 0.434 bits per heavy atom. The molecule has 1 unspecified atom stereocenters. The fourth-order valence-corrected chi connectivity index (χ4v) is 11.2. The van der Waals surface area contributed by atoms with Crippen molar-refractivity contribution in [2.24, 2.45) is 0 Å². The molecular weight excluding hydrogens is 1020 g/mol. The van der Waals surface area contributed by atoms with Crippen LogP contribution in [0.3, 0.4) is 0 Å². The smallest absolute Gasteiger partial charge is 0.306 e. The molecule has 0 aromatic heterocycles. The van der Waals surface area contributed by atoms with Crippen LogP contribution in [0.25, 0.3) is 0 Å². The van der Waals surface area contributed by atoms with Crippen molar-refractivity contribution in [2.75, 3.05) is 13.2 Å². The minimum atomic E-state index is -0.781. The maximum absolute atomic E-state index is 13.0. The van der Waals surface area contributed by atoms with E-state index in [-0.39, 0.29) is 31.1 Å². The van der Waals surface area contributed by atoms with E-state index in [1.165, 1.54) is 289 Å². The summed E-state index contributed by atoms with van der Waals surface area (Å²) in [6.07, 6.45) is 91.6. The van der Waals surface area contributed by atoms with Crippen LogP contribution in [0.2, 0.25) is 0 Å². The van der Waals surface area contributed by atoms with E-state index in [2.05, 4.69) is 69.4 Å². The third kappa shape index (κ3) is 70.0. The standard InChI is InChI=1S/C77H142O6/c1-4-7-10-13-16-19-22-25-28-31-33-34-35-36-37-38-39-40-41-42-43-44-45-47-49-52-55-58-61-64-67-70-76(79)82-73-74(72-81-75(78)69-66-63-60-57-54-51-48-30-27-24-21-18-15-12-9-6-3)83-77(80)71-68-65-62-59-56-53-50-46-32-29-26-23-20-17-14-11-8-5-2/h20,23,29-33,48,74H,4-19,21-22,24-28,34-47,49-73H2,1-3H3/b23-20-,32-29-,33-31-,48-30-. The monoisotopic (exact) mass is 1160 g/mol. The maximum atomic E-state index is 13.0. The predicted octanol–water partition coefficient (Wildman–Crippen LogP) is 25.7. The number of ether oxygens (including phenoxy) is 3. The minimum absolute atomic E-state index is 0.0750. The molecule has 0 amide bonds. The summed E-state index contributed by atoms with van der Waals surface area (Å²) in [6.45, 7) is 6.68. The number of rotatable bonds is 69. The first kappa shape index (κ1) is 80.4. The van der Waals surface area contributed by atoms with Crippen LogP contribution in [-0.2, 0) is 28.6 Å². The lowest BCUT2D eigenvalue weighted by Crippen LogP contribution is -2.30. The van der Waals surface area contributed by atoms with Gasteiger partial charge in [-0.2, -0.15) is 0 Å². The Labute approximate surface area is 518 Å². The van der Waals surface area contributed by atoms with Gasteiger partial charge in [0.1, 0.15) is 13.2 Å². The highest BCUT2D eigenvalue weighted by Crippen LogP contribution is 2.18. The molecule has 0 aliphatic rings. The molecule has 6 nitrogen and oxygen atoms in total. The number of carbonyl (C=O) groups excluding carboxylic acids is 3. The van der Waals surface area contributed by atoms with Gasteiger partial charge in [-0.15, -0.1) is 0 Å². The van der Waals surface area contributed by atoms with Crippen LogP contribution >= 0.6 is 0 Å². The van der Waals surface area contributed by atoms with Gasteiger partial charge in [0.15, 0.2) is 6.10 Å². The number of allylic oxidation sites excluding steroid dienone is 8. The highest BCUT2D eigenvalue weighted by molar-refractivity contribution is 5.71. The van der Waals surface area contributed by atoms with Gasteiger partial charge in [0, 0.05) is 19.3 Å². The Morgan fingerprint density at radius 3 is 0.687 bits per heavy atom. The summed E-state index contributed by atoms with van der Waals surface area (Å²) < 4.78 is 17.0. The summed E-state index contributed by atoms with van der Waals surface area (Å²) in [5.74, 6) is -0.865. The Hall–Kier alpha value is -2.63. The van der Waals surface area contributed by atoms with Crippen molar-refractivity contribution < 1.29 is 28.6 Å². The van der Waals surface area contributed by atoms with E-state index in [1.54, 1.807) is 0 Å². The van der Waals surface area contributed by atoms with Crippen LogP contribution in [0.15, 0.2) is 48.6 Å². The lowest BCUT2D eigenvalue weighted by Gasteiger charge is -2.18. The van der Waals surface area contributed by atoms with Crippen LogP contribution < -0.4 is 0 Å². The molecule has 0 spiro atoms. The van der Waals surface area contributed by atoms with E-state index >= 15 is 0 Å². The number of carbonyl (C=O) groups is 3. The van der Waals surface area contributed by atoms with Crippen molar-refractivity contribution in [3.05, 3.63) is 48.6 Å². The molecule has 0 radical (unpaired) electrons. The molecule has 0 fully saturated rings. The average Bonchev–Trinajstić information content (AvgIpc) is 3.50. The lowest BCUT2D eigenvalue weighted by atomic mass is 10.0. The minimum Gasteiger partial charge on any atom is -0.462 e. The highest BCUT2D eigenvalue weighted by Gasteiger charge is 2.19. The molecule has 0 saturated heterocycles. The molecular formula is C77H142O6. The van der Waals surface area contributed by atoms with Crippen molar-refractivity contribution in [3.63, 3.8) is 0 Å². The van der Waals surface area contributed by atoms with E-state index in [4.69, 9.17) is 14.2 Å². The number of hydrogen-bond donors (Lipinski definition) is 0. The van der Waals surface area contributed by atoms with Gasteiger partial charge in [-0.1, -0.05) is 333 Å². The largest absolute Gasteiger partial charge is 0.462 e. The van der Waals surface area contributed by atoms with Crippen LogP contribution in [0.4, 0.5) is 0 Å². The van der Waals surface area contributed by atoms with Crippen molar-refractivity contribution >= 4 is 17.9 Å². The Balaban J connectivity index is 4.21. The van der Waals surface area contributed by atoms with Gasteiger partial charge in [0.2, 0.25) is 0 Å². The molecule has 0 bridgehead atoms. The zero-order valence-corrected chi connectivity index (χ0v) is 56.0. The topological polar surface area (TPSA) is 78.9 Å². The Bertz CT molecular complexity index is 1430. The summed E-state index contributed by atoms with van der Waals surface area (Å²) in [4.78, 5) is 38.5. The quantitative estimate of drug-likeness (QED) is 0.0261. The van der Waals surface area contributed by atoms with Crippen molar-refractivity contribution in [1.29, 1.82) is 0 Å². The average molecular weight is 1160 g/mol. The first-order valence-electron chi connectivity index (χ1n) is 37.1. The molecule has 0 rings (SSSR count). The molecule has 0 aromatic rings. The van der Waals surface area contributed by atoms with Gasteiger partial charge in [0.05, 0.1) is 0 Å². The summed E-state index contributed by atoms with van der Waals surface area (Å²) in [5.41, 5.74) is 0. The van der Waals surface area contributed by atoms with Crippen molar-refractivity contribution in [2.45, 2.75) is 412 Å². The molecule has 1 atom stereocenters. The summed E-state index contributed by atoms with van der Waals surface area (Å²) in [6, 6.07) is 0. The molecule has 0 N–H and O–H groups in total. The summed E-state index contributed by atoms with van der Waals surface area (Å²) in [5, 5.41) is 0. The second-order valence-electron chi connectivity index (χ2n) is 25.2. The SMILES string of the molecule is CCCCCC/C=C\C/C=C\CCCCCCCCCC(=O)OC(COC(=O)CCCCCCC/C=C\CCCCCCCCC)COC(=O)CCCCCCCCCCCCCCCCCCCCC/C=C\CCCCCCCCCC. The van der Waals surface area contributed by atoms with Gasteiger partial charge in [-0.25, -0.2) is 0 Å². The van der Waals surface area contributed by atoms with E-state index in [0.717, 1.165) is 77.0 Å². The third-order valence-corrected chi connectivity index (χ3v) is 16.8. The Kier molecular flexibility index (Phi) is 69.6. The molecule has 0 aliphatic heterocycles. The van der Waals surface area contributed by atoms with E-state index in [1.807, 2.05) is 0 Å². The van der Waals surface area contributed by atoms with Crippen molar-refractivity contribution in [3.8, 4) is 0 Å². The van der Waals surface area contributed by atoms with Gasteiger partial charge < -0.3 is 14.2 Å². The highest BCUT2D eigenvalue weighted by atomic mass is 16.6. The van der Waals surface area contributed by atoms with E-state index < -0.39 is 6.10 Å². The molecule has 0 saturated carbocycles. The first-order valence-corrected chi connectivity index (χ1v) is 37.1. The molecule has 83 heavy (non-hydrogen) atoms. The second-order valence-corrected chi connectivity index (χ2v) is 25.2. The molecule has 0 aromatic carbocycles. The van der Waals surface area contributed by atoms with Gasteiger partial charge in [-0.05, 0) is 103 Å². The van der Waals surface area contributed by atoms with Gasteiger partial charge >= 0.3 is 17.9 Å². The molecule has 486 valence electrons. The number of unbranched alkanes of at least 4 members (excludes halogenated alkanes) is 50. The third-order valence-electron chi connectivity index (χ3n) is 16.8. The lowest BCUT2D eigenvalue weighted by molar-refractivity contribution is -0.167. The first-order chi connectivity index (χ1) is 41.0. The van der Waals surface area contributed by atoms with Gasteiger partial charge in [-0.3, -0.25) is 14.4 Å². The maximum Gasteiger partial charge on any atom is 0.306 e. The molecule has 6 heteroatoms. The van der Waals surface area contributed by atoms with Crippen LogP contribution in [0.1, 0.15) is 406 Å². The molecule has 0 aliphatic carbocycles. The van der Waals surface area contributed by atoms with Crippen LogP contribution in [-0.4, -0.2) is 37.2 Å². The fourth-order valence-electron chi connectivity index (χ4n) is 11.2. The summed E-state index contributed by atoms with van der Waals surface area (Å²) in [7, 11) is 0. The van der Waals surface area contributed by atoms with Crippen LogP contribution in [0, 0.1) is 0 Å². The number of hydrogen-bond acceptors (Lipinski definition) is 6. The van der Waals surface area contributed by atoms with Crippen LogP contribution in [0.5, 0.6) is 0 Å². The Morgan fingerprint density at radius 1 is 0.241 bits per heavy atom. The second kappa shape index (κ2) is 71.8. The van der Waals surface area contributed by atoms with Crippen molar-refractivity contribution in [1.82, 2.24) is 0 Å². The summed E-state index contributed by atoms with van der Waals surface area (Å²) >= 11 is 0. The van der Waals surface area contributed by atoms with E-state index in [9.17, 15) is 14.4 Å².